The van der Waals surface area contributed by atoms with E-state index in [4.69, 9.17) is 5.11 Å². The Balaban J connectivity index is -0.000000215. The number of phenols is 1. The van der Waals surface area contributed by atoms with Gasteiger partial charge >= 0.3 is 0 Å². The molecule has 0 fully saturated rings. The Morgan fingerprint density at radius 1 is 1.00 bits per heavy atom. The van der Waals surface area contributed by atoms with E-state index in [1.807, 2.05) is 6.07 Å². The fourth-order valence-corrected chi connectivity index (χ4v) is 1.28. The molecule has 1 nitrogen and oxygen atoms in total. The van der Waals surface area contributed by atoms with Crippen LogP contribution in [-0.2, 0) is 21.7 Å². The van der Waals surface area contributed by atoms with Gasteiger partial charge in [0.1, 0.15) is 5.75 Å². The number of halogens is 2. The predicted molar refractivity (Wildman–Crippen MR) is 63.5 cm³/mol. The van der Waals surface area contributed by atoms with Crippen molar-refractivity contribution in [2.24, 2.45) is 0 Å². The first-order valence-corrected chi connectivity index (χ1v) is 5.09. The summed E-state index contributed by atoms with van der Waals surface area (Å²) < 4.78 is 0. The first-order valence-electron chi connectivity index (χ1n) is 5.09. The largest absolute Gasteiger partial charge is 1.00 e. The summed E-state index contributed by atoms with van der Waals surface area (Å²) in [4.78, 5) is 0. The summed E-state index contributed by atoms with van der Waals surface area (Å²) in [6.07, 6.45) is 4.31. The molecule has 0 saturated heterocycles. The van der Waals surface area contributed by atoms with Gasteiger partial charge in [-0.2, -0.15) is 11.1 Å². The van der Waals surface area contributed by atoms with Gasteiger partial charge in [-0.25, -0.2) is 5.57 Å². The number of aromatic hydroxyl groups is 1. The minimum atomic E-state index is 0. The van der Waals surface area contributed by atoms with Crippen molar-refractivity contribution in [1.82, 2.24) is 0 Å². The van der Waals surface area contributed by atoms with Crippen molar-refractivity contribution in [3.8, 4) is 5.75 Å². The van der Waals surface area contributed by atoms with Crippen molar-refractivity contribution in [2.45, 2.75) is 27.2 Å². The molecular weight excluding hydrogens is 303 g/mol. The normalized spacial score (nSPS) is 12.1. The van der Waals surface area contributed by atoms with Crippen LogP contribution in [0.2, 0.25) is 0 Å². The van der Waals surface area contributed by atoms with Gasteiger partial charge < -0.3 is 29.9 Å². The van der Waals surface area contributed by atoms with Gasteiger partial charge in [0.25, 0.3) is 0 Å². The van der Waals surface area contributed by atoms with Crippen molar-refractivity contribution >= 4 is 0 Å². The standard InChI is InChI=1S/C8H11.C6H6O.2ClH.Ti/c1-6-4-5-7(2)8(6)3;7-6-4-2-1-3-5-6;;;/h4H2,1-3H3;1-5,7H;2*1H;/q-1;;;;/p-2. The summed E-state index contributed by atoms with van der Waals surface area (Å²) in [5.41, 5.74) is 4.25. The zero-order chi connectivity index (χ0) is 11.3. The molecule has 1 aromatic rings. The Bertz CT molecular complexity index is 381. The van der Waals surface area contributed by atoms with E-state index in [-0.39, 0.29) is 46.5 Å². The van der Waals surface area contributed by atoms with E-state index in [0.717, 1.165) is 6.42 Å². The molecule has 2 rings (SSSR count). The van der Waals surface area contributed by atoms with Gasteiger partial charge in [-0.1, -0.05) is 32.0 Å². The summed E-state index contributed by atoms with van der Waals surface area (Å²) in [5.74, 6) is 0.322. The molecule has 1 aromatic carbocycles. The van der Waals surface area contributed by atoms with Crippen molar-refractivity contribution < 1.29 is 51.6 Å². The van der Waals surface area contributed by atoms with Crippen LogP contribution in [0.3, 0.4) is 0 Å². The number of para-hydroxylation sites is 1. The van der Waals surface area contributed by atoms with Gasteiger partial charge in [-0.3, -0.25) is 6.08 Å². The van der Waals surface area contributed by atoms with E-state index in [1.54, 1.807) is 24.3 Å². The summed E-state index contributed by atoms with van der Waals surface area (Å²) in [7, 11) is 0. The van der Waals surface area contributed by atoms with Crippen LogP contribution < -0.4 is 24.8 Å². The minimum absolute atomic E-state index is 0. The summed E-state index contributed by atoms with van der Waals surface area (Å²) in [6.45, 7) is 6.44. The number of allylic oxidation sites excluding steroid dienone is 4. The van der Waals surface area contributed by atoms with Gasteiger partial charge in [0.2, 0.25) is 0 Å². The van der Waals surface area contributed by atoms with Crippen LogP contribution in [-0.4, -0.2) is 5.11 Å². The van der Waals surface area contributed by atoms with E-state index in [2.05, 4.69) is 26.8 Å². The zero-order valence-corrected chi connectivity index (χ0v) is 13.9. The van der Waals surface area contributed by atoms with E-state index >= 15 is 0 Å². The van der Waals surface area contributed by atoms with Crippen LogP contribution in [0.4, 0.5) is 0 Å². The SMILES string of the molecule is CC1=[C-]CC(C)=C1C.Oc1ccccc1.[Cl-].[Cl-].[Ti]. The van der Waals surface area contributed by atoms with Crippen LogP contribution in [0.25, 0.3) is 0 Å². The second kappa shape index (κ2) is 11.9. The van der Waals surface area contributed by atoms with Crippen LogP contribution in [0, 0.1) is 6.08 Å². The molecular formula is C14H17Cl2OTi-3. The molecule has 18 heavy (non-hydrogen) atoms. The summed E-state index contributed by atoms with van der Waals surface area (Å²) >= 11 is 0. The maximum Gasteiger partial charge on any atom is 0.115 e. The molecule has 0 radical (unpaired) electrons. The van der Waals surface area contributed by atoms with Crippen LogP contribution in [0.5, 0.6) is 5.75 Å². The maximum atomic E-state index is 8.63. The Morgan fingerprint density at radius 3 is 1.67 bits per heavy atom. The van der Waals surface area contributed by atoms with E-state index < -0.39 is 0 Å². The number of phenolic OH excluding ortho intramolecular Hbond substituents is 1. The molecule has 0 saturated carbocycles. The third-order valence-corrected chi connectivity index (χ3v) is 2.58. The Kier molecular flexibility index (Phi) is 15.1. The Hall–Kier alpha value is -0.206. The monoisotopic (exact) mass is 319 g/mol. The van der Waals surface area contributed by atoms with Gasteiger partial charge in [-0.05, 0) is 12.1 Å². The third-order valence-electron chi connectivity index (χ3n) is 2.58. The van der Waals surface area contributed by atoms with E-state index in [0.29, 0.717) is 5.75 Å². The predicted octanol–water partition coefficient (Wildman–Crippen LogP) is -2.13. The Labute approximate surface area is 137 Å². The van der Waals surface area contributed by atoms with Crippen molar-refractivity contribution in [3.05, 3.63) is 53.1 Å². The minimum Gasteiger partial charge on any atom is -1.00 e. The fourth-order valence-electron chi connectivity index (χ4n) is 1.28. The third kappa shape index (κ3) is 7.99. The van der Waals surface area contributed by atoms with Crippen LogP contribution >= 0.6 is 0 Å². The van der Waals surface area contributed by atoms with Crippen molar-refractivity contribution in [3.63, 3.8) is 0 Å². The number of hydrogen-bond acceptors (Lipinski definition) is 1. The fraction of sp³-hybridized carbons (Fsp3) is 0.286. The second-order valence-electron chi connectivity index (χ2n) is 3.72. The van der Waals surface area contributed by atoms with Crippen LogP contribution in [0.15, 0.2) is 47.1 Å². The molecule has 1 aliphatic rings. The summed E-state index contributed by atoms with van der Waals surface area (Å²) in [5, 5.41) is 8.63. The van der Waals surface area contributed by atoms with Crippen molar-refractivity contribution in [1.29, 1.82) is 0 Å². The molecule has 0 atom stereocenters. The Morgan fingerprint density at radius 2 is 1.50 bits per heavy atom. The molecule has 1 N–H and O–H groups in total. The summed E-state index contributed by atoms with van der Waals surface area (Å²) in [6, 6.07) is 8.71. The van der Waals surface area contributed by atoms with Crippen molar-refractivity contribution in [2.75, 3.05) is 0 Å². The maximum absolute atomic E-state index is 8.63. The average Bonchev–Trinajstić information content (AvgIpc) is 2.52. The molecule has 100 valence electrons. The van der Waals surface area contributed by atoms with Gasteiger partial charge in [0.05, 0.1) is 0 Å². The molecule has 1 aliphatic carbocycles. The molecule has 0 amide bonds. The van der Waals surface area contributed by atoms with Gasteiger partial charge in [-0.15, -0.1) is 13.3 Å². The smallest absolute Gasteiger partial charge is 0.115 e. The molecule has 0 aliphatic heterocycles. The quantitative estimate of drug-likeness (QED) is 0.428. The first kappa shape index (κ1) is 22.9. The molecule has 0 bridgehead atoms. The second-order valence-corrected chi connectivity index (χ2v) is 3.72. The van der Waals surface area contributed by atoms with Gasteiger partial charge in [0, 0.05) is 21.7 Å². The average molecular weight is 320 g/mol. The number of rotatable bonds is 0. The molecule has 0 spiro atoms. The number of hydrogen-bond donors (Lipinski definition) is 1. The molecule has 0 aromatic heterocycles. The van der Waals surface area contributed by atoms with E-state index in [1.165, 1.54) is 16.7 Å². The van der Waals surface area contributed by atoms with Gasteiger partial charge in [0.15, 0.2) is 0 Å². The first-order chi connectivity index (χ1) is 7.11. The molecule has 0 heterocycles. The number of benzene rings is 1. The van der Waals surface area contributed by atoms with E-state index in [9.17, 15) is 0 Å². The molecule has 4 heteroatoms. The van der Waals surface area contributed by atoms with Crippen LogP contribution in [0.1, 0.15) is 27.2 Å². The topological polar surface area (TPSA) is 20.2 Å². The molecule has 0 unspecified atom stereocenters. The zero-order valence-electron chi connectivity index (χ0n) is 10.8.